The van der Waals surface area contributed by atoms with E-state index in [1.165, 1.54) is 11.3 Å². The molecule has 0 spiro atoms. The molecule has 22 heavy (non-hydrogen) atoms. The molecule has 0 aliphatic carbocycles. The fraction of sp³-hybridized carbons (Fsp3) is 0.357. The maximum atomic E-state index is 11.9. The number of nitrogens with zero attached hydrogens (tertiary/aromatic N) is 2. The van der Waals surface area contributed by atoms with E-state index in [4.69, 9.17) is 23.2 Å². The number of nitrogens with one attached hydrogen (secondary N) is 1. The van der Waals surface area contributed by atoms with Crippen molar-refractivity contribution in [1.29, 1.82) is 0 Å². The molecule has 0 saturated heterocycles. The van der Waals surface area contributed by atoms with Gasteiger partial charge in [-0.2, -0.15) is 0 Å². The molecule has 0 radical (unpaired) electrons. The average Bonchev–Trinajstić information content (AvgIpc) is 2.89. The minimum atomic E-state index is -0.0608. The number of rotatable bonds is 7. The highest BCUT2D eigenvalue weighted by molar-refractivity contribution is 8.01. The number of amides is 1. The largest absolute Gasteiger partial charge is 0.301 e. The molecule has 2 aromatic rings. The van der Waals surface area contributed by atoms with Gasteiger partial charge in [0.1, 0.15) is 0 Å². The van der Waals surface area contributed by atoms with Gasteiger partial charge in [0, 0.05) is 16.5 Å². The van der Waals surface area contributed by atoms with Crippen LogP contribution in [-0.4, -0.2) is 21.9 Å². The molecule has 0 fully saturated rings. The Labute approximate surface area is 147 Å². The number of carbonyl (C=O) groups is 1. The summed E-state index contributed by atoms with van der Waals surface area (Å²) in [7, 11) is 0. The van der Waals surface area contributed by atoms with E-state index in [0.29, 0.717) is 28.0 Å². The molecule has 1 amide bonds. The summed E-state index contributed by atoms with van der Waals surface area (Å²) in [6, 6.07) is 5.41. The van der Waals surface area contributed by atoms with E-state index in [2.05, 4.69) is 15.5 Å². The highest BCUT2D eigenvalue weighted by Gasteiger charge is 2.09. The monoisotopic (exact) mass is 375 g/mol. The smallest absolute Gasteiger partial charge is 0.226 e. The molecule has 1 heterocycles. The first-order chi connectivity index (χ1) is 10.6. The molecule has 118 valence electrons. The van der Waals surface area contributed by atoms with E-state index in [0.717, 1.165) is 22.1 Å². The summed E-state index contributed by atoms with van der Waals surface area (Å²) in [6.07, 6.45) is 1.85. The van der Waals surface area contributed by atoms with E-state index in [1.54, 1.807) is 23.9 Å². The molecule has 0 atom stereocenters. The first kappa shape index (κ1) is 17.5. The summed E-state index contributed by atoms with van der Waals surface area (Å²) in [5.74, 6) is 0.874. The number of halogens is 2. The molecule has 0 aliphatic rings. The van der Waals surface area contributed by atoms with Gasteiger partial charge in [-0.25, -0.2) is 0 Å². The fourth-order valence-electron chi connectivity index (χ4n) is 1.79. The Bertz CT molecular complexity index is 649. The van der Waals surface area contributed by atoms with E-state index >= 15 is 0 Å². The Morgan fingerprint density at radius 1 is 1.36 bits per heavy atom. The van der Waals surface area contributed by atoms with Gasteiger partial charge in [-0.1, -0.05) is 59.3 Å². The van der Waals surface area contributed by atoms with Gasteiger partial charge >= 0.3 is 0 Å². The first-order valence-electron chi connectivity index (χ1n) is 6.78. The van der Waals surface area contributed by atoms with Gasteiger partial charge in [-0.3, -0.25) is 4.79 Å². The number of thioether (sulfide) groups is 1. The number of aryl methyl sites for hydroxylation is 1. The summed E-state index contributed by atoms with van der Waals surface area (Å²) in [5.41, 5.74) is 0.997. The molecule has 0 unspecified atom stereocenters. The molecule has 1 aromatic carbocycles. The van der Waals surface area contributed by atoms with Crippen molar-refractivity contribution >= 4 is 57.3 Å². The van der Waals surface area contributed by atoms with Gasteiger partial charge < -0.3 is 5.32 Å². The standard InChI is InChI=1S/C14H15Cl2N3OS2/c1-2-21-14-19-18-13(22-14)17-12(20)5-3-4-9-6-7-10(15)8-11(9)16/h6-8H,2-5H2,1H3,(H,17,18,20). The average molecular weight is 376 g/mol. The number of hydrogen-bond donors (Lipinski definition) is 1. The van der Waals surface area contributed by atoms with Crippen LogP contribution in [-0.2, 0) is 11.2 Å². The molecular weight excluding hydrogens is 361 g/mol. The van der Waals surface area contributed by atoms with Crippen LogP contribution in [0.25, 0.3) is 0 Å². The van der Waals surface area contributed by atoms with Gasteiger partial charge in [0.25, 0.3) is 0 Å². The Kier molecular flexibility index (Phi) is 6.95. The van der Waals surface area contributed by atoms with Gasteiger partial charge in [-0.15, -0.1) is 10.2 Å². The van der Waals surface area contributed by atoms with Crippen LogP contribution in [0.2, 0.25) is 10.0 Å². The molecule has 1 N–H and O–H groups in total. The van der Waals surface area contributed by atoms with E-state index in [1.807, 2.05) is 13.0 Å². The predicted octanol–water partition coefficient (Wildman–Crippen LogP) is 4.92. The van der Waals surface area contributed by atoms with Gasteiger partial charge in [0.2, 0.25) is 11.0 Å². The van der Waals surface area contributed by atoms with Crippen LogP contribution in [0.3, 0.4) is 0 Å². The minimum Gasteiger partial charge on any atom is -0.301 e. The van der Waals surface area contributed by atoms with Crippen molar-refractivity contribution in [2.45, 2.75) is 30.5 Å². The van der Waals surface area contributed by atoms with Crippen LogP contribution < -0.4 is 5.32 Å². The zero-order chi connectivity index (χ0) is 15.9. The molecule has 2 rings (SSSR count). The maximum Gasteiger partial charge on any atom is 0.226 e. The fourth-order valence-corrected chi connectivity index (χ4v) is 3.96. The summed E-state index contributed by atoms with van der Waals surface area (Å²) in [5, 5.41) is 12.5. The third kappa shape index (κ3) is 5.43. The van der Waals surface area contributed by atoms with Crippen molar-refractivity contribution in [3.63, 3.8) is 0 Å². The number of aromatic nitrogens is 2. The normalized spacial score (nSPS) is 10.7. The summed E-state index contributed by atoms with van der Waals surface area (Å²) in [6.45, 7) is 2.05. The van der Waals surface area contributed by atoms with Crippen LogP contribution in [0, 0.1) is 0 Å². The lowest BCUT2D eigenvalue weighted by molar-refractivity contribution is -0.116. The number of carbonyl (C=O) groups excluding carboxylic acids is 1. The molecule has 0 aliphatic heterocycles. The molecule has 8 heteroatoms. The van der Waals surface area contributed by atoms with Crippen LogP contribution in [0.1, 0.15) is 25.3 Å². The summed E-state index contributed by atoms with van der Waals surface area (Å²) >= 11 is 15.0. The maximum absolute atomic E-state index is 11.9. The number of hydrogen-bond acceptors (Lipinski definition) is 5. The van der Waals surface area contributed by atoms with Crippen LogP contribution in [0.4, 0.5) is 5.13 Å². The van der Waals surface area contributed by atoms with Gasteiger partial charge in [0.15, 0.2) is 4.34 Å². The quantitative estimate of drug-likeness (QED) is 0.551. The third-order valence-electron chi connectivity index (χ3n) is 2.79. The van der Waals surface area contributed by atoms with E-state index in [-0.39, 0.29) is 5.91 Å². The van der Waals surface area contributed by atoms with Crippen LogP contribution in [0.15, 0.2) is 22.5 Å². The van der Waals surface area contributed by atoms with E-state index < -0.39 is 0 Å². The number of anilines is 1. The molecule has 0 saturated carbocycles. The lowest BCUT2D eigenvalue weighted by Gasteiger charge is -2.04. The van der Waals surface area contributed by atoms with Crippen molar-refractivity contribution in [2.24, 2.45) is 0 Å². The third-order valence-corrected chi connectivity index (χ3v) is 5.23. The lowest BCUT2D eigenvalue weighted by Crippen LogP contribution is -2.11. The highest BCUT2D eigenvalue weighted by Crippen LogP contribution is 2.25. The molecule has 1 aromatic heterocycles. The lowest BCUT2D eigenvalue weighted by atomic mass is 10.1. The molecular formula is C14H15Cl2N3OS2. The summed E-state index contributed by atoms with van der Waals surface area (Å²) in [4.78, 5) is 11.9. The minimum absolute atomic E-state index is 0.0608. The topological polar surface area (TPSA) is 54.9 Å². The number of benzene rings is 1. The van der Waals surface area contributed by atoms with Crippen molar-refractivity contribution in [3.8, 4) is 0 Å². The Morgan fingerprint density at radius 3 is 2.91 bits per heavy atom. The van der Waals surface area contributed by atoms with Crippen LogP contribution >= 0.6 is 46.3 Å². The van der Waals surface area contributed by atoms with E-state index in [9.17, 15) is 4.79 Å². The van der Waals surface area contributed by atoms with Crippen molar-refractivity contribution in [1.82, 2.24) is 10.2 Å². The molecule has 0 bridgehead atoms. The Morgan fingerprint density at radius 2 is 2.18 bits per heavy atom. The second-order valence-electron chi connectivity index (χ2n) is 4.44. The van der Waals surface area contributed by atoms with Crippen molar-refractivity contribution in [2.75, 3.05) is 11.1 Å². The zero-order valence-corrected chi connectivity index (χ0v) is 15.1. The Balaban J connectivity index is 1.77. The summed E-state index contributed by atoms with van der Waals surface area (Å²) < 4.78 is 0.866. The molecule has 4 nitrogen and oxygen atoms in total. The predicted molar refractivity (Wildman–Crippen MR) is 94.3 cm³/mol. The highest BCUT2D eigenvalue weighted by atomic mass is 35.5. The zero-order valence-electron chi connectivity index (χ0n) is 11.9. The second-order valence-corrected chi connectivity index (χ2v) is 7.78. The SMILES string of the molecule is CCSc1nnc(NC(=O)CCCc2ccc(Cl)cc2Cl)s1. The van der Waals surface area contributed by atoms with Gasteiger partial charge in [-0.05, 0) is 36.3 Å². The Hall–Kier alpha value is -0.820. The second kappa shape index (κ2) is 8.72. The van der Waals surface area contributed by atoms with Crippen molar-refractivity contribution < 1.29 is 4.79 Å². The van der Waals surface area contributed by atoms with Crippen molar-refractivity contribution in [3.05, 3.63) is 33.8 Å². The first-order valence-corrected chi connectivity index (χ1v) is 9.34. The van der Waals surface area contributed by atoms with Gasteiger partial charge in [0.05, 0.1) is 0 Å². The van der Waals surface area contributed by atoms with Crippen LogP contribution in [0.5, 0.6) is 0 Å².